The van der Waals surface area contributed by atoms with Crippen molar-refractivity contribution in [3.8, 4) is 11.1 Å². The Hall–Kier alpha value is -4.14. The third kappa shape index (κ3) is 3.15. The molecule has 0 N–H and O–H groups in total. The summed E-state index contributed by atoms with van der Waals surface area (Å²) in [5, 5.41) is 3.43. The Morgan fingerprint density at radius 2 is 1.25 bits per heavy atom. The fourth-order valence-corrected chi connectivity index (χ4v) is 6.71. The maximum atomic E-state index is 4.70. The van der Waals surface area contributed by atoms with Crippen LogP contribution in [0.2, 0.25) is 0 Å². The van der Waals surface area contributed by atoms with Crippen molar-refractivity contribution in [2.75, 3.05) is 0 Å². The molecule has 0 saturated heterocycles. The van der Waals surface area contributed by atoms with Gasteiger partial charge in [-0.2, -0.15) is 0 Å². The maximum Gasteiger partial charge on any atom is 0.0780 e. The number of para-hydroxylation sites is 1. The van der Waals surface area contributed by atoms with Gasteiger partial charge < -0.3 is 0 Å². The van der Waals surface area contributed by atoms with Crippen LogP contribution in [0.5, 0.6) is 0 Å². The number of aromatic nitrogens is 1. The van der Waals surface area contributed by atoms with E-state index in [9.17, 15) is 0 Å². The summed E-state index contributed by atoms with van der Waals surface area (Å²) < 4.78 is 0. The van der Waals surface area contributed by atoms with Crippen LogP contribution in [0.1, 0.15) is 22.3 Å². The van der Waals surface area contributed by atoms with E-state index < -0.39 is 0 Å². The van der Waals surface area contributed by atoms with Crippen molar-refractivity contribution in [1.29, 1.82) is 0 Å². The Bertz CT molecular complexity index is 1670. The van der Waals surface area contributed by atoms with Crippen LogP contribution in [0.25, 0.3) is 27.6 Å². The minimum Gasteiger partial charge on any atom is -0.256 e. The van der Waals surface area contributed by atoms with Crippen LogP contribution in [0.15, 0.2) is 144 Å². The third-order valence-electron chi connectivity index (χ3n) is 7.30. The predicted molar refractivity (Wildman–Crippen MR) is 152 cm³/mol. The van der Waals surface area contributed by atoms with Crippen molar-refractivity contribution in [2.45, 2.75) is 10.3 Å². The standard InChI is InChI=1S/C34H23NS/c1-3-17-29-27(14-1)28-15-2-4-18-30(28)34(29)21-8-7-11-25(23-36-32-20-6-5-19-31(32)34)26-16-9-12-24-13-10-22-35-33(24)26/h1-23H/b11-7?,21-8-,25-23?. The van der Waals surface area contributed by atoms with Gasteiger partial charge in [0.1, 0.15) is 0 Å². The Morgan fingerprint density at radius 1 is 0.583 bits per heavy atom. The topological polar surface area (TPSA) is 12.9 Å². The second-order valence-corrected chi connectivity index (χ2v) is 10.1. The molecular formula is C34H23NS. The molecule has 5 aromatic rings. The number of fused-ring (bicyclic) bond motifs is 8. The molecule has 36 heavy (non-hydrogen) atoms. The second kappa shape index (κ2) is 8.51. The van der Waals surface area contributed by atoms with Crippen LogP contribution in [0, 0.1) is 0 Å². The van der Waals surface area contributed by atoms with Crippen molar-refractivity contribution in [1.82, 2.24) is 4.98 Å². The summed E-state index contributed by atoms with van der Waals surface area (Å²) in [4.78, 5) is 5.96. The molecule has 1 aromatic heterocycles. The zero-order chi connectivity index (χ0) is 24.0. The Kier molecular flexibility index (Phi) is 5.00. The molecule has 4 aromatic carbocycles. The van der Waals surface area contributed by atoms with Gasteiger partial charge in [-0.25, -0.2) is 0 Å². The molecule has 0 amide bonds. The zero-order valence-corrected chi connectivity index (χ0v) is 20.5. The predicted octanol–water partition coefficient (Wildman–Crippen LogP) is 8.81. The number of nitrogens with zero attached hydrogens (tertiary/aromatic N) is 1. The Morgan fingerprint density at radius 3 is 2.06 bits per heavy atom. The van der Waals surface area contributed by atoms with E-state index in [2.05, 4.69) is 127 Å². The molecule has 7 rings (SSSR count). The van der Waals surface area contributed by atoms with E-state index >= 15 is 0 Å². The molecule has 0 atom stereocenters. The first-order valence-corrected chi connectivity index (χ1v) is 13.1. The second-order valence-electron chi connectivity index (χ2n) is 9.19. The molecule has 1 aliphatic carbocycles. The highest BCUT2D eigenvalue weighted by Gasteiger charge is 2.43. The van der Waals surface area contributed by atoms with Gasteiger partial charge >= 0.3 is 0 Å². The normalized spacial score (nSPS) is 16.2. The van der Waals surface area contributed by atoms with Crippen molar-refractivity contribution in [2.24, 2.45) is 0 Å². The molecule has 2 aliphatic rings. The van der Waals surface area contributed by atoms with Gasteiger partial charge in [-0.05, 0) is 50.9 Å². The van der Waals surface area contributed by atoms with E-state index in [1.54, 1.807) is 11.8 Å². The van der Waals surface area contributed by atoms with Crippen LogP contribution < -0.4 is 0 Å². The summed E-state index contributed by atoms with van der Waals surface area (Å²) in [7, 11) is 0. The van der Waals surface area contributed by atoms with E-state index in [4.69, 9.17) is 4.98 Å². The largest absolute Gasteiger partial charge is 0.256 e. The minimum atomic E-state index is -0.340. The van der Waals surface area contributed by atoms with Crippen molar-refractivity contribution in [3.63, 3.8) is 0 Å². The number of hydrogen-bond donors (Lipinski definition) is 0. The number of benzene rings is 4. The van der Waals surface area contributed by atoms with Crippen LogP contribution in [0.3, 0.4) is 0 Å². The van der Waals surface area contributed by atoms with E-state index in [0.29, 0.717) is 0 Å². The number of thioether (sulfide) groups is 1. The smallest absolute Gasteiger partial charge is 0.0780 e. The van der Waals surface area contributed by atoms with E-state index in [0.717, 1.165) is 22.0 Å². The first-order valence-electron chi connectivity index (χ1n) is 12.2. The summed E-state index contributed by atoms with van der Waals surface area (Å²) in [5.74, 6) is 0. The lowest BCUT2D eigenvalue weighted by Gasteiger charge is -2.31. The quantitative estimate of drug-likeness (QED) is 0.239. The summed E-state index contributed by atoms with van der Waals surface area (Å²) in [6, 6.07) is 37.1. The van der Waals surface area contributed by atoms with Gasteiger partial charge in [-0.1, -0.05) is 127 Å². The van der Waals surface area contributed by atoms with E-state index in [1.165, 1.54) is 32.7 Å². The third-order valence-corrected chi connectivity index (χ3v) is 8.28. The van der Waals surface area contributed by atoms with Gasteiger partial charge in [0, 0.05) is 22.0 Å². The molecule has 2 heteroatoms. The Balaban J connectivity index is 1.46. The average molecular weight is 478 g/mol. The molecular weight excluding hydrogens is 454 g/mol. The van der Waals surface area contributed by atoms with Crippen molar-refractivity contribution >= 4 is 28.2 Å². The molecule has 0 unspecified atom stereocenters. The van der Waals surface area contributed by atoms with E-state index in [-0.39, 0.29) is 5.41 Å². The van der Waals surface area contributed by atoms with Crippen molar-refractivity contribution in [3.05, 3.63) is 161 Å². The molecule has 0 radical (unpaired) electrons. The highest BCUT2D eigenvalue weighted by Crippen LogP contribution is 2.55. The van der Waals surface area contributed by atoms with Crippen LogP contribution >= 0.6 is 11.8 Å². The first kappa shape index (κ1) is 21.2. The maximum absolute atomic E-state index is 4.70. The number of pyridine rings is 1. The SMILES string of the molecule is C1=CC(c2cccc3cccnc23)=CSc2ccccc2C2(/C=C\1)c1ccccc1-c1ccccc12. The summed E-state index contributed by atoms with van der Waals surface area (Å²) in [6.07, 6.45) is 10.9. The minimum absolute atomic E-state index is 0.340. The highest BCUT2D eigenvalue weighted by atomic mass is 32.2. The van der Waals surface area contributed by atoms with Gasteiger partial charge in [0.25, 0.3) is 0 Å². The van der Waals surface area contributed by atoms with Gasteiger partial charge in [0.2, 0.25) is 0 Å². The number of rotatable bonds is 1. The monoisotopic (exact) mass is 477 g/mol. The lowest BCUT2D eigenvalue weighted by Crippen LogP contribution is -2.25. The molecule has 0 bridgehead atoms. The van der Waals surface area contributed by atoms with Gasteiger partial charge in [-0.3, -0.25) is 4.98 Å². The van der Waals surface area contributed by atoms with Crippen LogP contribution in [-0.4, -0.2) is 4.98 Å². The highest BCUT2D eigenvalue weighted by molar-refractivity contribution is 8.02. The number of hydrogen-bond acceptors (Lipinski definition) is 2. The molecule has 0 fully saturated rings. The van der Waals surface area contributed by atoms with Crippen LogP contribution in [-0.2, 0) is 5.41 Å². The zero-order valence-electron chi connectivity index (χ0n) is 19.6. The summed E-state index contributed by atoms with van der Waals surface area (Å²) in [5.41, 5.74) is 9.62. The molecule has 1 spiro atoms. The van der Waals surface area contributed by atoms with Crippen molar-refractivity contribution < 1.29 is 0 Å². The summed E-state index contributed by atoms with van der Waals surface area (Å²) >= 11 is 1.79. The lowest BCUT2D eigenvalue weighted by molar-refractivity contribution is 0.783. The molecule has 2 heterocycles. The lowest BCUT2D eigenvalue weighted by atomic mass is 9.72. The average Bonchev–Trinajstić information content (AvgIpc) is 3.23. The fraction of sp³-hybridized carbons (Fsp3) is 0.0294. The molecule has 1 aliphatic heterocycles. The van der Waals surface area contributed by atoms with Gasteiger partial charge in [-0.15, -0.1) is 0 Å². The molecule has 0 saturated carbocycles. The first-order chi connectivity index (χ1) is 17.9. The van der Waals surface area contributed by atoms with E-state index in [1.807, 2.05) is 12.3 Å². The van der Waals surface area contributed by atoms with Gasteiger partial charge in [0.05, 0.1) is 10.9 Å². The number of allylic oxidation sites excluding steroid dienone is 5. The Labute approximate surface area is 215 Å². The fourth-order valence-electron chi connectivity index (χ4n) is 5.74. The summed E-state index contributed by atoms with van der Waals surface area (Å²) in [6.45, 7) is 0. The molecule has 1 nitrogen and oxygen atoms in total. The molecule has 170 valence electrons. The van der Waals surface area contributed by atoms with Crippen LogP contribution in [0.4, 0.5) is 0 Å². The van der Waals surface area contributed by atoms with Gasteiger partial charge in [0.15, 0.2) is 0 Å².